The topological polar surface area (TPSA) is 123 Å². The molecule has 214 valence electrons. The number of rotatable bonds is 11. The van der Waals surface area contributed by atoms with Crippen LogP contribution in [0, 0.1) is 0 Å². The van der Waals surface area contributed by atoms with Gasteiger partial charge in [0.2, 0.25) is 11.6 Å². The molecule has 42 heavy (non-hydrogen) atoms. The Morgan fingerprint density at radius 1 is 0.595 bits per heavy atom. The molecule has 0 spiro atoms. The Balaban J connectivity index is 1.38. The van der Waals surface area contributed by atoms with Crippen molar-refractivity contribution in [2.75, 3.05) is 0 Å². The highest BCUT2D eigenvalue weighted by Crippen LogP contribution is 2.44. The Hall–Kier alpha value is -4.30. The molecule has 0 saturated heterocycles. The maximum absolute atomic E-state index is 4.74. The van der Waals surface area contributed by atoms with E-state index in [0.717, 1.165) is 32.3 Å². The number of aromatic nitrogens is 12. The van der Waals surface area contributed by atoms with Gasteiger partial charge < -0.3 is 0 Å². The molecule has 0 aliphatic rings. The van der Waals surface area contributed by atoms with E-state index in [9.17, 15) is 0 Å². The molecule has 0 fully saturated rings. The first kappa shape index (κ1) is 27.8. The number of hydrogen-bond donors (Lipinski definition) is 0. The number of benzene rings is 2. The van der Waals surface area contributed by atoms with Gasteiger partial charge in [0, 0.05) is 0 Å². The Kier molecular flexibility index (Phi) is 8.15. The molecule has 12 nitrogen and oxygen atoms in total. The third kappa shape index (κ3) is 5.99. The highest BCUT2D eigenvalue weighted by molar-refractivity contribution is 8.76. The van der Waals surface area contributed by atoms with Crippen LogP contribution in [-0.4, -0.2) is 60.0 Å². The van der Waals surface area contributed by atoms with Crippen LogP contribution in [0.3, 0.4) is 0 Å². The first-order chi connectivity index (χ1) is 20.5. The first-order valence-electron chi connectivity index (χ1n) is 13.6. The summed E-state index contributed by atoms with van der Waals surface area (Å²) in [6, 6.07) is 20.7. The summed E-state index contributed by atoms with van der Waals surface area (Å²) in [6.45, 7) is 9.29. The molecule has 0 N–H and O–H groups in total. The summed E-state index contributed by atoms with van der Waals surface area (Å²) in [5.41, 5.74) is 3.91. The predicted molar refractivity (Wildman–Crippen MR) is 162 cm³/mol. The van der Waals surface area contributed by atoms with Crippen LogP contribution in [0.15, 0.2) is 83.1 Å². The molecule has 2 aromatic carbocycles. The van der Waals surface area contributed by atoms with Gasteiger partial charge in [0.1, 0.15) is 10.1 Å². The minimum Gasteiger partial charge on any atom is -0.253 e. The van der Waals surface area contributed by atoms with Gasteiger partial charge >= 0.3 is 0 Å². The lowest BCUT2D eigenvalue weighted by Crippen LogP contribution is -2.05. The van der Waals surface area contributed by atoms with Crippen molar-refractivity contribution in [2.45, 2.75) is 62.9 Å². The Morgan fingerprint density at radius 2 is 1.00 bits per heavy atom. The molecule has 4 aromatic heterocycles. The maximum Gasteiger partial charge on any atom is 0.209 e. The number of tetrazole rings is 2. The van der Waals surface area contributed by atoms with Gasteiger partial charge in [-0.2, -0.15) is 19.8 Å². The molecule has 6 aromatic rings. The van der Waals surface area contributed by atoms with E-state index in [2.05, 4.69) is 55.1 Å². The smallest absolute Gasteiger partial charge is 0.209 e. The second kappa shape index (κ2) is 12.3. The maximum atomic E-state index is 4.74. The summed E-state index contributed by atoms with van der Waals surface area (Å²) in [5.74, 6) is 1.07. The van der Waals surface area contributed by atoms with Crippen molar-refractivity contribution in [2.24, 2.45) is 0 Å². The minimum atomic E-state index is 0.0951. The Labute approximate surface area is 250 Å². The summed E-state index contributed by atoms with van der Waals surface area (Å²) in [7, 11) is 3.15. The van der Waals surface area contributed by atoms with Crippen LogP contribution < -0.4 is 0 Å². The summed E-state index contributed by atoms with van der Waals surface area (Å²) in [5, 5.41) is 37.8. The van der Waals surface area contributed by atoms with Gasteiger partial charge in [-0.1, -0.05) is 60.7 Å². The lowest BCUT2D eigenvalue weighted by molar-refractivity contribution is 0.455. The highest BCUT2D eigenvalue weighted by atomic mass is 33.1. The van der Waals surface area contributed by atoms with Gasteiger partial charge in [-0.3, -0.25) is 9.36 Å². The molecule has 0 saturated carbocycles. The van der Waals surface area contributed by atoms with Crippen LogP contribution in [0.25, 0.3) is 22.8 Å². The molecular weight excluding hydrogens is 569 g/mol. The fourth-order valence-corrected chi connectivity index (χ4v) is 6.70. The quantitative estimate of drug-likeness (QED) is 0.178. The fourth-order valence-electron chi connectivity index (χ4n) is 4.15. The van der Waals surface area contributed by atoms with E-state index < -0.39 is 0 Å². The first-order valence-corrected chi connectivity index (χ1v) is 15.7. The standard InChI is InChI=1S/C28H30N12S2/c1-19(2)39-33-25(31-35-39)23-15-29-37(17-21-11-7-5-8-12-21)27(23)41-42-28-24(26-32-36-40(34-26)20(3)4)16-30-38(28)18-22-13-9-6-10-14-22/h5-16,19-20H,17-18H2,1-4H3. The van der Waals surface area contributed by atoms with Crippen molar-refractivity contribution in [3.05, 3.63) is 84.2 Å². The van der Waals surface area contributed by atoms with Gasteiger partial charge in [-0.05, 0) is 70.8 Å². The van der Waals surface area contributed by atoms with E-state index in [1.165, 1.54) is 0 Å². The molecule has 4 heterocycles. The molecule has 0 bridgehead atoms. The molecule has 6 rings (SSSR count). The van der Waals surface area contributed by atoms with Crippen molar-refractivity contribution < 1.29 is 0 Å². The lowest BCUT2D eigenvalue weighted by Gasteiger charge is -2.11. The monoisotopic (exact) mass is 598 g/mol. The summed E-state index contributed by atoms with van der Waals surface area (Å²) >= 11 is 0. The largest absolute Gasteiger partial charge is 0.253 e. The third-order valence-electron chi connectivity index (χ3n) is 6.39. The highest BCUT2D eigenvalue weighted by Gasteiger charge is 2.23. The molecule has 0 unspecified atom stereocenters. The predicted octanol–water partition coefficient (Wildman–Crippen LogP) is 5.44. The SMILES string of the molecule is CC(C)n1nnc(-c2cnn(Cc3ccccc3)c2SSc2c(-c3nnn(C(C)C)n3)cnn2Cc2ccccc2)n1. The van der Waals surface area contributed by atoms with Gasteiger partial charge in [0.05, 0.1) is 48.7 Å². The summed E-state index contributed by atoms with van der Waals surface area (Å²) in [6.07, 6.45) is 3.62. The van der Waals surface area contributed by atoms with E-state index in [1.807, 2.05) is 85.9 Å². The molecular formula is C28H30N12S2. The third-order valence-corrected chi connectivity index (χ3v) is 8.85. The summed E-state index contributed by atoms with van der Waals surface area (Å²) in [4.78, 5) is 3.23. The zero-order valence-corrected chi connectivity index (χ0v) is 25.3. The van der Waals surface area contributed by atoms with Gasteiger partial charge in [-0.25, -0.2) is 0 Å². The van der Waals surface area contributed by atoms with Crippen molar-refractivity contribution >= 4 is 21.6 Å². The van der Waals surface area contributed by atoms with E-state index in [0.29, 0.717) is 24.7 Å². The normalized spacial score (nSPS) is 11.7. The van der Waals surface area contributed by atoms with Gasteiger partial charge in [0.25, 0.3) is 0 Å². The van der Waals surface area contributed by atoms with Crippen LogP contribution in [0.5, 0.6) is 0 Å². The van der Waals surface area contributed by atoms with Crippen molar-refractivity contribution in [1.29, 1.82) is 0 Å². The Morgan fingerprint density at radius 3 is 1.36 bits per heavy atom. The second-order valence-corrected chi connectivity index (χ2v) is 12.3. The van der Waals surface area contributed by atoms with E-state index in [1.54, 1.807) is 31.2 Å². The molecule has 0 amide bonds. The number of nitrogens with zero attached hydrogens (tertiary/aromatic N) is 12. The van der Waals surface area contributed by atoms with Crippen LogP contribution in [0.4, 0.5) is 0 Å². The fraction of sp³-hybridized carbons (Fsp3) is 0.286. The van der Waals surface area contributed by atoms with E-state index >= 15 is 0 Å². The van der Waals surface area contributed by atoms with Gasteiger partial charge in [-0.15, -0.1) is 20.4 Å². The molecule has 0 atom stereocenters. The average molecular weight is 599 g/mol. The lowest BCUT2D eigenvalue weighted by atomic mass is 10.2. The molecule has 0 aliphatic carbocycles. The van der Waals surface area contributed by atoms with Crippen LogP contribution in [0.2, 0.25) is 0 Å². The minimum absolute atomic E-state index is 0.0951. The van der Waals surface area contributed by atoms with E-state index in [-0.39, 0.29) is 12.1 Å². The van der Waals surface area contributed by atoms with Crippen molar-refractivity contribution in [1.82, 2.24) is 60.0 Å². The van der Waals surface area contributed by atoms with Gasteiger partial charge in [0.15, 0.2) is 0 Å². The summed E-state index contributed by atoms with van der Waals surface area (Å²) < 4.78 is 3.95. The molecule has 14 heteroatoms. The average Bonchev–Trinajstić information content (AvgIpc) is 3.79. The molecule has 0 radical (unpaired) electrons. The zero-order valence-electron chi connectivity index (χ0n) is 23.7. The van der Waals surface area contributed by atoms with Crippen molar-refractivity contribution in [3.8, 4) is 22.8 Å². The van der Waals surface area contributed by atoms with Crippen LogP contribution in [-0.2, 0) is 13.1 Å². The van der Waals surface area contributed by atoms with Crippen LogP contribution >= 0.6 is 21.6 Å². The van der Waals surface area contributed by atoms with Crippen molar-refractivity contribution in [3.63, 3.8) is 0 Å². The Bertz CT molecular complexity index is 1620. The number of hydrogen-bond acceptors (Lipinski definition) is 10. The zero-order chi connectivity index (χ0) is 29.1. The van der Waals surface area contributed by atoms with E-state index in [4.69, 9.17) is 10.2 Å². The van der Waals surface area contributed by atoms with Crippen LogP contribution in [0.1, 0.15) is 50.9 Å². The second-order valence-electron chi connectivity index (χ2n) is 10.2. The molecule has 0 aliphatic heterocycles.